The predicted molar refractivity (Wildman–Crippen MR) is 125 cm³/mol. The second kappa shape index (κ2) is 8.79. The Balaban J connectivity index is 1.38. The van der Waals surface area contributed by atoms with Crippen molar-refractivity contribution in [2.75, 3.05) is 0 Å². The Morgan fingerprint density at radius 3 is 2.80 bits per heavy atom. The number of hydrogen-bond acceptors (Lipinski definition) is 2. The van der Waals surface area contributed by atoms with E-state index in [1.165, 1.54) is 33.5 Å². The standard InChI is InChI=1S/C28H31NO/c1-4-27-21(2)9-7-11-23(27)20-30-26-13-8-10-22(17-26)19-29-25-15-14-24-12-5-6-16-28(24,3)18-25/h5-17,29H,4,18-20H2,1-3H3. The van der Waals surface area contributed by atoms with Gasteiger partial charge in [0.2, 0.25) is 0 Å². The number of nitrogens with one attached hydrogen (secondary N) is 1. The first-order valence-electron chi connectivity index (χ1n) is 10.9. The molecule has 2 aliphatic rings. The average Bonchev–Trinajstić information content (AvgIpc) is 2.76. The van der Waals surface area contributed by atoms with E-state index in [1.54, 1.807) is 0 Å². The Labute approximate surface area is 180 Å². The van der Waals surface area contributed by atoms with Crippen molar-refractivity contribution in [2.45, 2.75) is 46.8 Å². The molecule has 2 aromatic carbocycles. The highest BCUT2D eigenvalue weighted by Crippen LogP contribution is 2.40. The van der Waals surface area contributed by atoms with Crippen LogP contribution in [-0.2, 0) is 19.6 Å². The van der Waals surface area contributed by atoms with E-state index in [4.69, 9.17) is 4.74 Å². The Bertz CT molecular complexity index is 1040. The van der Waals surface area contributed by atoms with Crippen LogP contribution in [0.1, 0.15) is 42.5 Å². The molecule has 0 spiro atoms. The predicted octanol–water partition coefficient (Wildman–Crippen LogP) is 6.57. The third-order valence-corrected chi connectivity index (χ3v) is 6.21. The van der Waals surface area contributed by atoms with Crippen molar-refractivity contribution in [3.63, 3.8) is 0 Å². The zero-order chi connectivity index (χ0) is 21.0. The van der Waals surface area contributed by atoms with Gasteiger partial charge in [-0.1, -0.05) is 74.6 Å². The maximum atomic E-state index is 6.14. The smallest absolute Gasteiger partial charge is 0.120 e. The molecule has 154 valence electrons. The van der Waals surface area contributed by atoms with Gasteiger partial charge >= 0.3 is 0 Å². The van der Waals surface area contributed by atoms with Crippen molar-refractivity contribution in [2.24, 2.45) is 5.41 Å². The zero-order valence-electron chi connectivity index (χ0n) is 18.2. The summed E-state index contributed by atoms with van der Waals surface area (Å²) in [6.45, 7) is 8.09. The molecule has 0 amide bonds. The van der Waals surface area contributed by atoms with Crippen molar-refractivity contribution in [3.05, 3.63) is 112 Å². The average molecular weight is 398 g/mol. The van der Waals surface area contributed by atoms with Crippen molar-refractivity contribution in [1.29, 1.82) is 0 Å². The monoisotopic (exact) mass is 397 g/mol. The van der Waals surface area contributed by atoms with E-state index in [9.17, 15) is 0 Å². The summed E-state index contributed by atoms with van der Waals surface area (Å²) in [5, 5.41) is 3.63. The summed E-state index contributed by atoms with van der Waals surface area (Å²) in [5.74, 6) is 0.921. The van der Waals surface area contributed by atoms with E-state index in [0.717, 1.165) is 25.1 Å². The summed E-state index contributed by atoms with van der Waals surface area (Å²) in [6, 6.07) is 14.9. The topological polar surface area (TPSA) is 21.3 Å². The number of fused-ring (bicyclic) bond motifs is 1. The van der Waals surface area contributed by atoms with Gasteiger partial charge in [-0.2, -0.15) is 0 Å². The van der Waals surface area contributed by atoms with Crippen LogP contribution in [0.2, 0.25) is 0 Å². The number of hydrogen-bond donors (Lipinski definition) is 1. The molecule has 2 nitrogen and oxygen atoms in total. The van der Waals surface area contributed by atoms with Crippen LogP contribution in [0.4, 0.5) is 0 Å². The highest BCUT2D eigenvalue weighted by Gasteiger charge is 2.29. The summed E-state index contributed by atoms with van der Waals surface area (Å²) in [5.41, 5.74) is 8.00. The molecule has 2 aliphatic carbocycles. The molecule has 0 bridgehead atoms. The van der Waals surface area contributed by atoms with Crippen LogP contribution < -0.4 is 10.1 Å². The Kier molecular flexibility index (Phi) is 5.94. The van der Waals surface area contributed by atoms with E-state index >= 15 is 0 Å². The lowest BCUT2D eigenvalue weighted by atomic mass is 9.73. The summed E-state index contributed by atoms with van der Waals surface area (Å²) in [6.07, 6.45) is 15.3. The number of aryl methyl sites for hydroxylation is 1. The lowest BCUT2D eigenvalue weighted by molar-refractivity contribution is 0.304. The molecule has 0 radical (unpaired) electrons. The van der Waals surface area contributed by atoms with Gasteiger partial charge in [0, 0.05) is 24.1 Å². The molecule has 0 saturated heterocycles. The highest BCUT2D eigenvalue weighted by molar-refractivity contribution is 5.44. The number of rotatable bonds is 7. The van der Waals surface area contributed by atoms with Crippen molar-refractivity contribution < 1.29 is 4.74 Å². The van der Waals surface area contributed by atoms with Crippen LogP contribution in [-0.4, -0.2) is 0 Å². The lowest BCUT2D eigenvalue weighted by Gasteiger charge is -2.33. The van der Waals surface area contributed by atoms with E-state index in [0.29, 0.717) is 6.61 Å². The second-order valence-electron chi connectivity index (χ2n) is 8.48. The minimum Gasteiger partial charge on any atom is -0.489 e. The number of benzene rings is 2. The number of ether oxygens (including phenoxy) is 1. The fourth-order valence-electron chi connectivity index (χ4n) is 4.41. The molecule has 0 saturated carbocycles. The van der Waals surface area contributed by atoms with Gasteiger partial charge in [0.1, 0.15) is 12.4 Å². The Morgan fingerprint density at radius 2 is 1.93 bits per heavy atom. The lowest BCUT2D eigenvalue weighted by Crippen LogP contribution is -2.26. The third kappa shape index (κ3) is 4.43. The molecular formula is C28H31NO. The van der Waals surface area contributed by atoms with Crippen LogP contribution in [0.25, 0.3) is 0 Å². The first-order chi connectivity index (χ1) is 14.6. The third-order valence-electron chi connectivity index (χ3n) is 6.21. The van der Waals surface area contributed by atoms with Gasteiger partial charge < -0.3 is 10.1 Å². The van der Waals surface area contributed by atoms with Gasteiger partial charge in [-0.05, 0) is 59.4 Å². The van der Waals surface area contributed by atoms with Crippen LogP contribution in [0.3, 0.4) is 0 Å². The van der Waals surface area contributed by atoms with E-state index in [1.807, 2.05) is 6.07 Å². The van der Waals surface area contributed by atoms with Crippen molar-refractivity contribution in [1.82, 2.24) is 5.32 Å². The largest absolute Gasteiger partial charge is 0.489 e. The maximum Gasteiger partial charge on any atom is 0.120 e. The minimum atomic E-state index is 0.0988. The molecule has 30 heavy (non-hydrogen) atoms. The molecule has 0 heterocycles. The van der Waals surface area contributed by atoms with Crippen LogP contribution in [0, 0.1) is 12.3 Å². The molecule has 1 atom stereocenters. The molecule has 2 heteroatoms. The van der Waals surface area contributed by atoms with Gasteiger partial charge in [0.05, 0.1) is 0 Å². The van der Waals surface area contributed by atoms with E-state index in [-0.39, 0.29) is 5.41 Å². The summed E-state index contributed by atoms with van der Waals surface area (Å²) < 4.78 is 6.14. The molecule has 1 unspecified atom stereocenters. The van der Waals surface area contributed by atoms with Crippen molar-refractivity contribution in [3.8, 4) is 5.75 Å². The molecular weight excluding hydrogens is 366 g/mol. The van der Waals surface area contributed by atoms with E-state index < -0.39 is 0 Å². The van der Waals surface area contributed by atoms with Crippen LogP contribution in [0.5, 0.6) is 5.75 Å². The van der Waals surface area contributed by atoms with Gasteiger partial charge in [-0.25, -0.2) is 0 Å². The molecule has 0 aromatic heterocycles. The van der Waals surface area contributed by atoms with Gasteiger partial charge in [0.15, 0.2) is 0 Å². The quantitative estimate of drug-likeness (QED) is 0.570. The Hall–Kier alpha value is -3.00. The van der Waals surface area contributed by atoms with Gasteiger partial charge in [-0.3, -0.25) is 0 Å². The molecule has 0 fully saturated rings. The van der Waals surface area contributed by atoms with Crippen LogP contribution in [0.15, 0.2) is 90.2 Å². The molecule has 2 aromatic rings. The fourth-order valence-corrected chi connectivity index (χ4v) is 4.41. The highest BCUT2D eigenvalue weighted by atomic mass is 16.5. The SMILES string of the molecule is CCc1c(C)cccc1COc1cccc(CNC2=CC=C3C=CC=CC3(C)C2)c1. The first-order valence-corrected chi connectivity index (χ1v) is 10.9. The summed E-state index contributed by atoms with van der Waals surface area (Å²) in [7, 11) is 0. The van der Waals surface area contributed by atoms with Crippen LogP contribution >= 0.6 is 0 Å². The molecule has 1 N–H and O–H groups in total. The van der Waals surface area contributed by atoms with Crippen molar-refractivity contribution >= 4 is 0 Å². The van der Waals surface area contributed by atoms with Gasteiger partial charge in [-0.15, -0.1) is 0 Å². The second-order valence-corrected chi connectivity index (χ2v) is 8.48. The summed E-state index contributed by atoms with van der Waals surface area (Å²) >= 11 is 0. The van der Waals surface area contributed by atoms with E-state index in [2.05, 4.69) is 98.9 Å². The zero-order valence-corrected chi connectivity index (χ0v) is 18.2. The maximum absolute atomic E-state index is 6.14. The fraction of sp³-hybridized carbons (Fsp3) is 0.286. The number of allylic oxidation sites excluding steroid dienone is 8. The summed E-state index contributed by atoms with van der Waals surface area (Å²) in [4.78, 5) is 0. The Morgan fingerprint density at radius 1 is 1.07 bits per heavy atom. The molecule has 4 rings (SSSR count). The minimum absolute atomic E-state index is 0.0988. The molecule has 0 aliphatic heterocycles. The first kappa shape index (κ1) is 20.3. The normalized spacial score (nSPS) is 19.7. The van der Waals surface area contributed by atoms with Gasteiger partial charge in [0.25, 0.3) is 0 Å².